The first-order chi connectivity index (χ1) is 13.3. The fraction of sp³-hybridized carbons (Fsp3) is 0.158. The minimum Gasteiger partial charge on any atom is -0.473 e. The normalized spacial score (nSPS) is 9.46. The van der Waals surface area contributed by atoms with E-state index in [1.165, 1.54) is 7.11 Å². The molecule has 0 saturated carbocycles. The Kier molecular flexibility index (Phi) is 9.42. The number of carboxylic acid groups (broad SMARTS) is 2. The lowest BCUT2D eigenvalue weighted by Crippen LogP contribution is -2.27. The van der Waals surface area contributed by atoms with Gasteiger partial charge in [-0.05, 0) is 29.8 Å². The van der Waals surface area contributed by atoms with Crippen molar-refractivity contribution in [2.45, 2.75) is 6.54 Å². The molecule has 4 N–H and O–H groups in total. The van der Waals surface area contributed by atoms with Crippen molar-refractivity contribution in [2.24, 2.45) is 0 Å². The Hall–Kier alpha value is -3.72. The molecule has 0 aromatic heterocycles. The number of hydrogen-bond acceptors (Lipinski definition) is 6. The first-order valence-corrected chi connectivity index (χ1v) is 8.02. The standard InChI is InChI=1S/C17H18N2O3.C2H2O4/c1-22-17(21)14-7-9-15(10-8-14)19-16(20)12-18-11-13-5-3-2-4-6-13;3-1(4)2(5)6/h2-10,18H,11-12H2,1H3,(H,19,20);(H,3,4)(H,5,6). The number of esters is 1. The highest BCUT2D eigenvalue weighted by Gasteiger charge is 2.06. The smallest absolute Gasteiger partial charge is 0.414 e. The molecule has 28 heavy (non-hydrogen) atoms. The van der Waals surface area contributed by atoms with Gasteiger partial charge in [0.2, 0.25) is 5.91 Å². The molecular formula is C19H20N2O7. The van der Waals surface area contributed by atoms with Crippen LogP contribution in [0.25, 0.3) is 0 Å². The average molecular weight is 388 g/mol. The summed E-state index contributed by atoms with van der Waals surface area (Å²) in [5.41, 5.74) is 2.21. The monoisotopic (exact) mass is 388 g/mol. The van der Waals surface area contributed by atoms with E-state index in [-0.39, 0.29) is 12.5 Å². The van der Waals surface area contributed by atoms with Gasteiger partial charge in [-0.25, -0.2) is 14.4 Å². The maximum Gasteiger partial charge on any atom is 0.414 e. The number of aliphatic carboxylic acids is 2. The zero-order chi connectivity index (χ0) is 20.9. The molecule has 2 rings (SSSR count). The Morgan fingerprint density at radius 3 is 1.96 bits per heavy atom. The molecule has 0 fully saturated rings. The number of rotatable bonds is 6. The van der Waals surface area contributed by atoms with Crippen molar-refractivity contribution in [3.63, 3.8) is 0 Å². The summed E-state index contributed by atoms with van der Waals surface area (Å²) in [6.07, 6.45) is 0. The van der Waals surface area contributed by atoms with Gasteiger partial charge in [0.15, 0.2) is 0 Å². The van der Waals surface area contributed by atoms with Crippen LogP contribution >= 0.6 is 0 Å². The molecule has 0 unspecified atom stereocenters. The molecule has 9 nitrogen and oxygen atoms in total. The van der Waals surface area contributed by atoms with Crippen LogP contribution in [0.2, 0.25) is 0 Å². The Bertz CT molecular complexity index is 793. The van der Waals surface area contributed by atoms with Gasteiger partial charge in [0.05, 0.1) is 19.2 Å². The van der Waals surface area contributed by atoms with Crippen molar-refractivity contribution in [3.05, 3.63) is 65.7 Å². The lowest BCUT2D eigenvalue weighted by atomic mass is 10.2. The Morgan fingerprint density at radius 1 is 0.893 bits per heavy atom. The molecule has 2 aromatic carbocycles. The number of hydrogen-bond donors (Lipinski definition) is 4. The Morgan fingerprint density at radius 2 is 1.46 bits per heavy atom. The number of anilines is 1. The molecule has 0 heterocycles. The van der Waals surface area contributed by atoms with Crippen LogP contribution in [0.5, 0.6) is 0 Å². The van der Waals surface area contributed by atoms with Gasteiger partial charge in [0.25, 0.3) is 0 Å². The first-order valence-electron chi connectivity index (χ1n) is 8.02. The molecule has 148 valence electrons. The SMILES string of the molecule is COC(=O)c1ccc(NC(=O)CNCc2ccccc2)cc1.O=C(O)C(=O)O. The summed E-state index contributed by atoms with van der Waals surface area (Å²) in [4.78, 5) is 41.3. The van der Waals surface area contributed by atoms with Crippen molar-refractivity contribution in [1.29, 1.82) is 0 Å². The summed E-state index contributed by atoms with van der Waals surface area (Å²) >= 11 is 0. The zero-order valence-electron chi connectivity index (χ0n) is 15.0. The Labute approximate surface area is 160 Å². The van der Waals surface area contributed by atoms with E-state index in [9.17, 15) is 9.59 Å². The van der Waals surface area contributed by atoms with Crippen LogP contribution < -0.4 is 10.6 Å². The summed E-state index contributed by atoms with van der Waals surface area (Å²) in [5.74, 6) is -4.19. The minimum atomic E-state index is -1.82. The van der Waals surface area contributed by atoms with Crippen LogP contribution in [-0.4, -0.2) is 47.7 Å². The molecule has 0 radical (unpaired) electrons. The van der Waals surface area contributed by atoms with E-state index < -0.39 is 17.9 Å². The molecule has 9 heteroatoms. The van der Waals surface area contributed by atoms with Crippen LogP contribution in [0.1, 0.15) is 15.9 Å². The van der Waals surface area contributed by atoms with Gasteiger partial charge in [0.1, 0.15) is 0 Å². The quantitative estimate of drug-likeness (QED) is 0.429. The second-order valence-electron chi connectivity index (χ2n) is 5.32. The van der Waals surface area contributed by atoms with E-state index in [1.807, 2.05) is 30.3 Å². The summed E-state index contributed by atoms with van der Waals surface area (Å²) in [5, 5.41) is 20.6. The summed E-state index contributed by atoms with van der Waals surface area (Å²) in [7, 11) is 1.33. The maximum atomic E-state index is 11.8. The number of carbonyl (C=O) groups excluding carboxylic acids is 2. The van der Waals surface area contributed by atoms with Gasteiger partial charge in [0, 0.05) is 12.2 Å². The second kappa shape index (κ2) is 11.8. The predicted octanol–water partition coefficient (Wildman–Crippen LogP) is 1.36. The van der Waals surface area contributed by atoms with Crippen LogP contribution in [0.3, 0.4) is 0 Å². The molecule has 1 amide bonds. The number of nitrogens with one attached hydrogen (secondary N) is 2. The largest absolute Gasteiger partial charge is 0.473 e. The van der Waals surface area contributed by atoms with Crippen molar-refractivity contribution < 1.29 is 34.1 Å². The number of methoxy groups -OCH3 is 1. The van der Waals surface area contributed by atoms with E-state index in [1.54, 1.807) is 24.3 Å². The maximum absolute atomic E-state index is 11.8. The van der Waals surface area contributed by atoms with Gasteiger partial charge in [-0.3, -0.25) is 4.79 Å². The molecule has 2 aromatic rings. The minimum absolute atomic E-state index is 0.137. The summed E-state index contributed by atoms with van der Waals surface area (Å²) < 4.78 is 4.62. The van der Waals surface area contributed by atoms with Crippen molar-refractivity contribution in [1.82, 2.24) is 5.32 Å². The van der Waals surface area contributed by atoms with Gasteiger partial charge < -0.3 is 25.6 Å². The number of carboxylic acids is 2. The number of carbonyl (C=O) groups is 4. The van der Waals surface area contributed by atoms with Crippen molar-refractivity contribution >= 4 is 29.5 Å². The highest BCUT2D eigenvalue weighted by molar-refractivity contribution is 6.27. The third-order valence-corrected chi connectivity index (χ3v) is 3.23. The summed E-state index contributed by atoms with van der Waals surface area (Å²) in [6.45, 7) is 0.850. The van der Waals surface area contributed by atoms with Crippen molar-refractivity contribution in [3.8, 4) is 0 Å². The molecule has 0 atom stereocenters. The fourth-order valence-electron chi connectivity index (χ4n) is 1.93. The second-order valence-corrected chi connectivity index (χ2v) is 5.32. The summed E-state index contributed by atoms with van der Waals surface area (Å²) in [6, 6.07) is 16.4. The average Bonchev–Trinajstić information content (AvgIpc) is 2.69. The topological polar surface area (TPSA) is 142 Å². The highest BCUT2D eigenvalue weighted by Crippen LogP contribution is 2.10. The van der Waals surface area contributed by atoms with E-state index in [0.29, 0.717) is 17.8 Å². The molecule has 0 saturated heterocycles. The number of ether oxygens (including phenoxy) is 1. The van der Waals surface area contributed by atoms with E-state index in [4.69, 9.17) is 19.8 Å². The Balaban J connectivity index is 0.000000568. The molecule has 0 aliphatic carbocycles. The molecule has 0 aliphatic rings. The van der Waals surface area contributed by atoms with Gasteiger partial charge in [-0.15, -0.1) is 0 Å². The lowest BCUT2D eigenvalue weighted by Gasteiger charge is -2.07. The van der Waals surface area contributed by atoms with Gasteiger partial charge in [-0.1, -0.05) is 30.3 Å². The molecule has 0 aliphatic heterocycles. The predicted molar refractivity (Wildman–Crippen MR) is 99.8 cm³/mol. The van der Waals surface area contributed by atoms with E-state index in [0.717, 1.165) is 5.56 Å². The zero-order valence-corrected chi connectivity index (χ0v) is 15.0. The third kappa shape index (κ3) is 8.59. The van der Waals surface area contributed by atoms with Gasteiger partial charge >= 0.3 is 17.9 Å². The van der Waals surface area contributed by atoms with E-state index in [2.05, 4.69) is 15.4 Å². The molecule has 0 spiro atoms. The van der Waals surface area contributed by atoms with Crippen LogP contribution in [0.15, 0.2) is 54.6 Å². The molecular weight excluding hydrogens is 368 g/mol. The van der Waals surface area contributed by atoms with Crippen LogP contribution in [-0.2, 0) is 25.7 Å². The van der Waals surface area contributed by atoms with Gasteiger partial charge in [-0.2, -0.15) is 0 Å². The number of benzene rings is 2. The third-order valence-electron chi connectivity index (χ3n) is 3.23. The molecule has 0 bridgehead atoms. The highest BCUT2D eigenvalue weighted by atomic mass is 16.5. The number of amides is 1. The fourth-order valence-corrected chi connectivity index (χ4v) is 1.93. The lowest BCUT2D eigenvalue weighted by molar-refractivity contribution is -0.159. The van der Waals surface area contributed by atoms with Crippen molar-refractivity contribution in [2.75, 3.05) is 19.0 Å². The van der Waals surface area contributed by atoms with Crippen LogP contribution in [0.4, 0.5) is 5.69 Å². The first kappa shape index (κ1) is 22.3. The van der Waals surface area contributed by atoms with Crippen LogP contribution in [0, 0.1) is 0 Å². The van der Waals surface area contributed by atoms with E-state index >= 15 is 0 Å².